The van der Waals surface area contributed by atoms with Gasteiger partial charge in [-0.25, -0.2) is 0 Å². The lowest BCUT2D eigenvalue weighted by atomic mass is 10.0. The zero-order valence-electron chi connectivity index (χ0n) is 39.7. The van der Waals surface area contributed by atoms with Gasteiger partial charge in [-0.2, -0.15) is 0 Å². The first-order valence-electron chi connectivity index (χ1n) is 25.5. The van der Waals surface area contributed by atoms with E-state index in [-0.39, 0.29) is 25.2 Å². The molecule has 1 atom stereocenters. The van der Waals surface area contributed by atoms with Gasteiger partial charge >= 0.3 is 11.9 Å². The van der Waals surface area contributed by atoms with Gasteiger partial charge in [0.1, 0.15) is 6.61 Å². The van der Waals surface area contributed by atoms with Crippen molar-refractivity contribution in [2.75, 3.05) is 19.8 Å². The number of unbranched alkanes of at least 4 members (excludes halogenated alkanes) is 23. The molecule has 0 saturated heterocycles. The van der Waals surface area contributed by atoms with Gasteiger partial charge in [0, 0.05) is 19.4 Å². The van der Waals surface area contributed by atoms with Crippen LogP contribution in [-0.4, -0.2) is 37.9 Å². The first kappa shape index (κ1) is 57.3. The summed E-state index contributed by atoms with van der Waals surface area (Å²) in [5, 5.41) is 0. The molecule has 0 aromatic rings. The number of ether oxygens (including phenoxy) is 3. The molecule has 0 fully saturated rings. The van der Waals surface area contributed by atoms with Crippen LogP contribution >= 0.6 is 0 Å². The number of carbonyl (C=O) groups excluding carboxylic acids is 2. The summed E-state index contributed by atoms with van der Waals surface area (Å²) in [5.74, 6) is -0.503. The largest absolute Gasteiger partial charge is 0.462 e. The first-order valence-corrected chi connectivity index (χ1v) is 25.5. The molecule has 5 heteroatoms. The molecule has 60 heavy (non-hydrogen) atoms. The Labute approximate surface area is 372 Å². The zero-order chi connectivity index (χ0) is 43.5. The van der Waals surface area contributed by atoms with Crippen molar-refractivity contribution in [1.82, 2.24) is 0 Å². The normalized spacial score (nSPS) is 12.8. The lowest BCUT2D eigenvalue weighted by Crippen LogP contribution is -2.30. The molecule has 0 aliphatic carbocycles. The van der Waals surface area contributed by atoms with Gasteiger partial charge in [-0.15, -0.1) is 0 Å². The van der Waals surface area contributed by atoms with Crippen LogP contribution in [0.1, 0.15) is 239 Å². The summed E-state index contributed by atoms with van der Waals surface area (Å²) in [6.07, 6.45) is 65.0. The van der Waals surface area contributed by atoms with E-state index in [4.69, 9.17) is 14.2 Å². The van der Waals surface area contributed by atoms with Gasteiger partial charge in [-0.1, -0.05) is 229 Å². The smallest absolute Gasteiger partial charge is 0.306 e. The van der Waals surface area contributed by atoms with Crippen LogP contribution in [-0.2, 0) is 23.8 Å². The second-order valence-corrected chi connectivity index (χ2v) is 16.7. The standard InChI is InChI=1S/C55H96O5/c1-4-7-10-13-16-19-22-25-26-27-28-29-32-35-38-41-44-47-50-58-51-53(60-55(57)49-46-43-40-37-34-31-24-21-18-15-12-9-6-3)52-59-54(56)48-45-42-39-36-33-30-23-20-17-14-11-8-5-2/h8,11-12,15,17,20-21,24,30,33,39,42,53H,4-7,9-10,13-14,16,18-19,22-23,25-29,31-32,34-38,40-41,43-52H2,1-3H3/b11-8-,15-12-,20-17-,24-21-,33-30-,42-39-. The highest BCUT2D eigenvalue weighted by atomic mass is 16.6. The third-order valence-corrected chi connectivity index (χ3v) is 10.7. The molecule has 0 heterocycles. The van der Waals surface area contributed by atoms with Gasteiger partial charge in [-0.3, -0.25) is 9.59 Å². The van der Waals surface area contributed by atoms with Crippen molar-refractivity contribution in [3.8, 4) is 0 Å². The van der Waals surface area contributed by atoms with Crippen molar-refractivity contribution in [1.29, 1.82) is 0 Å². The minimum Gasteiger partial charge on any atom is -0.462 e. The van der Waals surface area contributed by atoms with Gasteiger partial charge in [0.05, 0.1) is 6.61 Å². The van der Waals surface area contributed by atoms with E-state index in [9.17, 15) is 9.59 Å². The molecular weight excluding hydrogens is 741 g/mol. The predicted octanol–water partition coefficient (Wildman–Crippen LogP) is 17.1. The van der Waals surface area contributed by atoms with E-state index in [1.54, 1.807) is 0 Å². The Balaban J connectivity index is 4.31. The highest BCUT2D eigenvalue weighted by molar-refractivity contribution is 5.70. The van der Waals surface area contributed by atoms with Crippen LogP contribution in [0.2, 0.25) is 0 Å². The SMILES string of the molecule is CC/C=C\C/C=C\C/C=C\C/C=C\CCC(=O)OCC(COCCCCCCCCCCCCCCCCCCCC)OC(=O)CCCCCCC/C=C\C/C=C\CCC. The molecule has 346 valence electrons. The fourth-order valence-electron chi connectivity index (χ4n) is 6.97. The Morgan fingerprint density at radius 1 is 0.383 bits per heavy atom. The molecule has 5 nitrogen and oxygen atoms in total. The third-order valence-electron chi connectivity index (χ3n) is 10.7. The molecule has 0 rings (SSSR count). The molecule has 0 bridgehead atoms. The molecule has 0 aromatic heterocycles. The number of allylic oxidation sites excluding steroid dienone is 12. The Hall–Kier alpha value is -2.66. The average Bonchev–Trinajstić information content (AvgIpc) is 3.25. The van der Waals surface area contributed by atoms with Gasteiger partial charge in [0.15, 0.2) is 6.10 Å². The number of hydrogen-bond acceptors (Lipinski definition) is 5. The molecule has 0 aliphatic rings. The summed E-state index contributed by atoms with van der Waals surface area (Å²) in [6, 6.07) is 0. The second kappa shape index (κ2) is 50.7. The summed E-state index contributed by atoms with van der Waals surface area (Å²) >= 11 is 0. The molecule has 0 amide bonds. The van der Waals surface area contributed by atoms with E-state index in [1.165, 1.54) is 122 Å². The molecule has 0 aromatic carbocycles. The van der Waals surface area contributed by atoms with Crippen LogP contribution < -0.4 is 0 Å². The monoisotopic (exact) mass is 837 g/mol. The Morgan fingerprint density at radius 2 is 0.817 bits per heavy atom. The quantitative estimate of drug-likeness (QED) is 0.0347. The lowest BCUT2D eigenvalue weighted by molar-refractivity contribution is -0.162. The van der Waals surface area contributed by atoms with Gasteiger partial charge < -0.3 is 14.2 Å². The van der Waals surface area contributed by atoms with E-state index >= 15 is 0 Å². The molecule has 0 saturated carbocycles. The minimum absolute atomic E-state index is 0.0415. The van der Waals surface area contributed by atoms with Crippen molar-refractivity contribution in [3.63, 3.8) is 0 Å². The van der Waals surface area contributed by atoms with Crippen LogP contribution in [0.3, 0.4) is 0 Å². The fraction of sp³-hybridized carbons (Fsp3) is 0.745. The summed E-state index contributed by atoms with van der Waals surface area (Å²) in [5.41, 5.74) is 0. The summed E-state index contributed by atoms with van der Waals surface area (Å²) in [7, 11) is 0. The Morgan fingerprint density at radius 3 is 1.33 bits per heavy atom. The summed E-state index contributed by atoms with van der Waals surface area (Å²) < 4.78 is 17.3. The van der Waals surface area contributed by atoms with E-state index < -0.39 is 6.10 Å². The van der Waals surface area contributed by atoms with Gasteiger partial charge in [-0.05, 0) is 70.6 Å². The molecule has 0 spiro atoms. The van der Waals surface area contributed by atoms with Crippen LogP contribution in [0, 0.1) is 0 Å². The van der Waals surface area contributed by atoms with Crippen LogP contribution in [0.4, 0.5) is 0 Å². The summed E-state index contributed by atoms with van der Waals surface area (Å²) in [4.78, 5) is 25.3. The number of carbonyl (C=O) groups is 2. The molecule has 1 unspecified atom stereocenters. The van der Waals surface area contributed by atoms with E-state index in [0.717, 1.165) is 77.0 Å². The van der Waals surface area contributed by atoms with E-state index in [1.807, 2.05) is 6.08 Å². The molecule has 0 radical (unpaired) electrons. The predicted molar refractivity (Wildman–Crippen MR) is 260 cm³/mol. The first-order chi connectivity index (χ1) is 29.6. The molecular formula is C55H96O5. The van der Waals surface area contributed by atoms with Crippen LogP contribution in [0.15, 0.2) is 72.9 Å². The van der Waals surface area contributed by atoms with Crippen molar-refractivity contribution < 1.29 is 23.8 Å². The van der Waals surface area contributed by atoms with Crippen molar-refractivity contribution in [3.05, 3.63) is 72.9 Å². The maximum absolute atomic E-state index is 12.8. The van der Waals surface area contributed by atoms with E-state index in [2.05, 4.69) is 87.6 Å². The van der Waals surface area contributed by atoms with E-state index in [0.29, 0.717) is 25.9 Å². The highest BCUT2D eigenvalue weighted by Gasteiger charge is 2.17. The maximum Gasteiger partial charge on any atom is 0.306 e. The second-order valence-electron chi connectivity index (χ2n) is 16.7. The van der Waals surface area contributed by atoms with Gasteiger partial charge in [0.2, 0.25) is 0 Å². The molecule has 0 aliphatic heterocycles. The third kappa shape index (κ3) is 48.0. The number of esters is 2. The minimum atomic E-state index is -0.571. The Bertz CT molecular complexity index is 1080. The Kier molecular flexibility index (Phi) is 48.4. The highest BCUT2D eigenvalue weighted by Crippen LogP contribution is 2.15. The topological polar surface area (TPSA) is 61.8 Å². The molecule has 0 N–H and O–H groups in total. The summed E-state index contributed by atoms with van der Waals surface area (Å²) in [6.45, 7) is 7.58. The average molecular weight is 837 g/mol. The number of hydrogen-bond donors (Lipinski definition) is 0. The lowest BCUT2D eigenvalue weighted by Gasteiger charge is -2.18. The van der Waals surface area contributed by atoms with Crippen molar-refractivity contribution >= 4 is 11.9 Å². The van der Waals surface area contributed by atoms with Gasteiger partial charge in [0.25, 0.3) is 0 Å². The van der Waals surface area contributed by atoms with Crippen molar-refractivity contribution in [2.24, 2.45) is 0 Å². The fourth-order valence-corrected chi connectivity index (χ4v) is 6.97. The number of rotatable bonds is 46. The van der Waals surface area contributed by atoms with Crippen LogP contribution in [0.25, 0.3) is 0 Å². The van der Waals surface area contributed by atoms with Crippen molar-refractivity contribution in [2.45, 2.75) is 245 Å². The van der Waals surface area contributed by atoms with Crippen LogP contribution in [0.5, 0.6) is 0 Å². The maximum atomic E-state index is 12.8. The zero-order valence-corrected chi connectivity index (χ0v) is 39.7.